The number of hydrogen-bond donors (Lipinski definition) is 0. The van der Waals surface area contributed by atoms with Gasteiger partial charge in [0, 0.05) is 6.07 Å². The first kappa shape index (κ1) is 13.7. The molecule has 0 spiro atoms. The molecule has 0 unspecified atom stereocenters. The highest BCUT2D eigenvalue weighted by Crippen LogP contribution is 2.29. The number of benzene rings is 1. The molecule has 0 atom stereocenters. The van der Waals surface area contributed by atoms with Gasteiger partial charge < -0.3 is 9.47 Å². The fourth-order valence-electron chi connectivity index (χ4n) is 1.51. The predicted molar refractivity (Wildman–Crippen MR) is 65.1 cm³/mol. The first-order valence-corrected chi connectivity index (χ1v) is 5.20. The molecule has 0 aromatic heterocycles. The van der Waals surface area contributed by atoms with E-state index in [0.29, 0.717) is 6.61 Å². The highest BCUT2D eigenvalue weighted by molar-refractivity contribution is 5.96. The minimum atomic E-state index is -0.672. The normalized spacial score (nSPS) is 9.67. The largest absolute Gasteiger partial charge is 0.494 e. The molecule has 6 nitrogen and oxygen atoms in total. The lowest BCUT2D eigenvalue weighted by Gasteiger charge is -2.11. The summed E-state index contributed by atoms with van der Waals surface area (Å²) in [5.74, 6) is -0.597. The van der Waals surface area contributed by atoms with Gasteiger partial charge in [-0.15, -0.1) is 0 Å². The SMILES string of the molecule is C=C(OCC)c1c(C(=O)OC)cccc1[N+](=O)[O-]. The molecule has 18 heavy (non-hydrogen) atoms. The van der Waals surface area contributed by atoms with E-state index < -0.39 is 10.9 Å². The maximum absolute atomic E-state index is 11.6. The smallest absolute Gasteiger partial charge is 0.338 e. The van der Waals surface area contributed by atoms with Crippen molar-refractivity contribution in [3.8, 4) is 0 Å². The Kier molecular flexibility index (Phi) is 4.42. The van der Waals surface area contributed by atoms with Crippen molar-refractivity contribution in [2.24, 2.45) is 0 Å². The van der Waals surface area contributed by atoms with Crippen molar-refractivity contribution in [2.75, 3.05) is 13.7 Å². The molecule has 1 aromatic carbocycles. The zero-order chi connectivity index (χ0) is 13.7. The number of methoxy groups -OCH3 is 1. The second kappa shape index (κ2) is 5.81. The predicted octanol–water partition coefficient (Wildman–Crippen LogP) is 2.39. The number of nitro groups is 1. The van der Waals surface area contributed by atoms with Gasteiger partial charge in [0.2, 0.25) is 0 Å². The van der Waals surface area contributed by atoms with E-state index in [1.807, 2.05) is 0 Å². The van der Waals surface area contributed by atoms with Gasteiger partial charge in [-0.3, -0.25) is 10.1 Å². The van der Waals surface area contributed by atoms with Crippen LogP contribution in [0.2, 0.25) is 0 Å². The van der Waals surface area contributed by atoms with E-state index in [-0.39, 0.29) is 22.6 Å². The summed E-state index contributed by atoms with van der Waals surface area (Å²) in [5, 5.41) is 11.0. The van der Waals surface area contributed by atoms with Crippen molar-refractivity contribution in [2.45, 2.75) is 6.92 Å². The Bertz CT molecular complexity index is 495. The van der Waals surface area contributed by atoms with Gasteiger partial charge in [-0.25, -0.2) is 4.79 Å². The lowest BCUT2D eigenvalue weighted by molar-refractivity contribution is -0.385. The van der Waals surface area contributed by atoms with Crippen molar-refractivity contribution in [1.29, 1.82) is 0 Å². The molecule has 0 amide bonds. The Labute approximate surface area is 104 Å². The van der Waals surface area contributed by atoms with Gasteiger partial charge in [0.25, 0.3) is 5.69 Å². The molecular formula is C12H13NO5. The second-order valence-corrected chi connectivity index (χ2v) is 3.30. The van der Waals surface area contributed by atoms with Crippen LogP contribution in [0.4, 0.5) is 5.69 Å². The summed E-state index contributed by atoms with van der Waals surface area (Å²) in [6, 6.07) is 4.12. The van der Waals surface area contributed by atoms with E-state index in [2.05, 4.69) is 11.3 Å². The summed E-state index contributed by atoms with van der Waals surface area (Å²) in [7, 11) is 1.20. The molecule has 0 aliphatic carbocycles. The lowest BCUT2D eigenvalue weighted by Crippen LogP contribution is -2.08. The molecule has 6 heteroatoms. The Hall–Kier alpha value is -2.37. The van der Waals surface area contributed by atoms with Crippen molar-refractivity contribution in [1.82, 2.24) is 0 Å². The second-order valence-electron chi connectivity index (χ2n) is 3.30. The van der Waals surface area contributed by atoms with Gasteiger partial charge in [0.15, 0.2) is 0 Å². The van der Waals surface area contributed by atoms with Crippen LogP contribution in [-0.2, 0) is 9.47 Å². The van der Waals surface area contributed by atoms with Crippen molar-refractivity contribution in [3.63, 3.8) is 0 Å². The van der Waals surface area contributed by atoms with Crippen molar-refractivity contribution < 1.29 is 19.2 Å². The quantitative estimate of drug-likeness (QED) is 0.347. The van der Waals surface area contributed by atoms with Gasteiger partial charge in [-0.1, -0.05) is 12.6 Å². The number of carbonyl (C=O) groups is 1. The van der Waals surface area contributed by atoms with Crippen LogP contribution in [0.25, 0.3) is 5.76 Å². The van der Waals surface area contributed by atoms with Gasteiger partial charge in [0.05, 0.1) is 24.2 Å². The summed E-state index contributed by atoms with van der Waals surface area (Å²) < 4.78 is 9.73. The van der Waals surface area contributed by atoms with Crippen LogP contribution in [-0.4, -0.2) is 24.6 Å². The average Bonchev–Trinajstić information content (AvgIpc) is 2.37. The Morgan fingerprint density at radius 1 is 1.50 bits per heavy atom. The zero-order valence-corrected chi connectivity index (χ0v) is 10.1. The van der Waals surface area contributed by atoms with Gasteiger partial charge in [0.1, 0.15) is 11.3 Å². The third-order valence-corrected chi connectivity index (χ3v) is 2.24. The number of rotatable bonds is 5. The van der Waals surface area contributed by atoms with Crippen LogP contribution in [0.5, 0.6) is 0 Å². The summed E-state index contributed by atoms with van der Waals surface area (Å²) in [6.07, 6.45) is 0. The molecule has 0 saturated heterocycles. The lowest BCUT2D eigenvalue weighted by atomic mass is 10.0. The standard InChI is InChI=1S/C12H13NO5/c1-4-18-8(2)11-9(12(14)17-3)6-5-7-10(11)13(15)16/h5-7H,2,4H2,1,3H3. The molecule has 1 aromatic rings. The van der Waals surface area contributed by atoms with Crippen LogP contribution >= 0.6 is 0 Å². The highest BCUT2D eigenvalue weighted by Gasteiger charge is 2.24. The minimum absolute atomic E-state index is 0.0520. The molecule has 0 aliphatic heterocycles. The first-order chi connectivity index (χ1) is 8.52. The average molecular weight is 251 g/mol. The Morgan fingerprint density at radius 3 is 2.67 bits per heavy atom. The van der Waals surface area contributed by atoms with Crippen LogP contribution in [0, 0.1) is 10.1 Å². The summed E-state index contributed by atoms with van der Waals surface area (Å²) in [6.45, 7) is 5.62. The van der Waals surface area contributed by atoms with Crippen molar-refractivity contribution >= 4 is 17.4 Å². The Balaban J connectivity index is 3.43. The van der Waals surface area contributed by atoms with Crippen LogP contribution in [0.15, 0.2) is 24.8 Å². The number of nitrogens with zero attached hydrogens (tertiary/aromatic N) is 1. The summed E-state index contributed by atoms with van der Waals surface area (Å²) >= 11 is 0. The molecule has 1 rings (SSSR count). The third kappa shape index (κ3) is 2.65. The van der Waals surface area contributed by atoms with E-state index >= 15 is 0 Å². The first-order valence-electron chi connectivity index (χ1n) is 5.20. The van der Waals surface area contributed by atoms with Gasteiger partial charge in [-0.2, -0.15) is 0 Å². The van der Waals surface area contributed by atoms with Crippen LogP contribution in [0.1, 0.15) is 22.8 Å². The fraction of sp³-hybridized carbons (Fsp3) is 0.250. The van der Waals surface area contributed by atoms with E-state index in [9.17, 15) is 14.9 Å². The van der Waals surface area contributed by atoms with E-state index in [0.717, 1.165) is 0 Å². The van der Waals surface area contributed by atoms with E-state index in [1.54, 1.807) is 6.92 Å². The third-order valence-electron chi connectivity index (χ3n) is 2.24. The maximum atomic E-state index is 11.6. The monoisotopic (exact) mass is 251 g/mol. The molecule has 0 bridgehead atoms. The summed E-state index contributed by atoms with van der Waals surface area (Å²) in [4.78, 5) is 21.9. The fourth-order valence-corrected chi connectivity index (χ4v) is 1.51. The zero-order valence-electron chi connectivity index (χ0n) is 10.1. The molecule has 96 valence electrons. The topological polar surface area (TPSA) is 78.7 Å². The van der Waals surface area contributed by atoms with Gasteiger partial charge >= 0.3 is 5.97 Å². The van der Waals surface area contributed by atoms with Crippen molar-refractivity contribution in [3.05, 3.63) is 46.0 Å². The number of ether oxygens (including phenoxy) is 2. The molecule has 0 heterocycles. The molecule has 0 radical (unpaired) electrons. The highest BCUT2D eigenvalue weighted by atomic mass is 16.6. The molecular weight excluding hydrogens is 238 g/mol. The Morgan fingerprint density at radius 2 is 2.17 bits per heavy atom. The number of esters is 1. The molecule has 0 aliphatic rings. The van der Waals surface area contributed by atoms with Crippen LogP contribution < -0.4 is 0 Å². The van der Waals surface area contributed by atoms with Gasteiger partial charge in [-0.05, 0) is 13.0 Å². The minimum Gasteiger partial charge on any atom is -0.494 e. The molecule has 0 fully saturated rings. The number of carbonyl (C=O) groups excluding carboxylic acids is 1. The maximum Gasteiger partial charge on any atom is 0.338 e. The number of hydrogen-bond acceptors (Lipinski definition) is 5. The van der Waals surface area contributed by atoms with E-state index in [1.165, 1.54) is 25.3 Å². The molecule has 0 saturated carbocycles. The summed E-state index contributed by atoms with van der Waals surface area (Å²) in [5.41, 5.74) is -0.127. The van der Waals surface area contributed by atoms with Crippen LogP contribution in [0.3, 0.4) is 0 Å². The molecule has 0 N–H and O–H groups in total. The van der Waals surface area contributed by atoms with E-state index in [4.69, 9.17) is 4.74 Å². The number of nitro benzene ring substituents is 1.